The van der Waals surface area contributed by atoms with Gasteiger partial charge in [-0.25, -0.2) is 4.79 Å². The van der Waals surface area contributed by atoms with Crippen LogP contribution in [0.15, 0.2) is 53.5 Å². The fraction of sp³-hybridized carbons (Fsp3) is 0.292. The highest BCUT2D eigenvalue weighted by Gasteiger charge is 2.27. The van der Waals surface area contributed by atoms with E-state index in [1.165, 1.54) is 4.90 Å². The van der Waals surface area contributed by atoms with E-state index in [9.17, 15) is 14.4 Å². The molecule has 0 saturated carbocycles. The number of carbonyl (C=O) groups is 2. The van der Waals surface area contributed by atoms with Crippen LogP contribution in [0.4, 0.5) is 4.79 Å². The Hall–Kier alpha value is -3.81. The smallest absolute Gasteiger partial charge is 0.314 e. The molecule has 0 bridgehead atoms. The minimum atomic E-state index is -0.730. The Labute approximate surface area is 185 Å². The average Bonchev–Trinajstić information content (AvgIpc) is 2.80. The number of benzene rings is 2. The number of aryl methyl sites for hydroxylation is 1. The number of amides is 3. The van der Waals surface area contributed by atoms with Crippen LogP contribution >= 0.6 is 0 Å². The minimum Gasteiger partial charge on any atom is -0.481 e. The summed E-state index contributed by atoms with van der Waals surface area (Å²) < 4.78 is 5.89. The molecule has 8 nitrogen and oxygen atoms in total. The number of nitrogens with two attached hydrogens (primary N) is 1. The monoisotopic (exact) mass is 434 g/mol. The summed E-state index contributed by atoms with van der Waals surface area (Å²) in [7, 11) is 0. The number of piperazine rings is 1. The molecule has 1 aromatic heterocycles. The van der Waals surface area contributed by atoms with Crippen molar-refractivity contribution in [3.05, 3.63) is 64.6 Å². The molecule has 0 spiro atoms. The highest BCUT2D eigenvalue weighted by molar-refractivity contribution is 5.97. The molecule has 3 N–H and O–H groups in total. The second-order valence-corrected chi connectivity index (χ2v) is 7.96. The van der Waals surface area contributed by atoms with Crippen LogP contribution in [0, 0.1) is 6.92 Å². The van der Waals surface area contributed by atoms with Crippen LogP contribution in [-0.2, 0) is 4.79 Å². The van der Waals surface area contributed by atoms with Crippen molar-refractivity contribution in [3.8, 4) is 16.9 Å². The van der Waals surface area contributed by atoms with Gasteiger partial charge in [0, 0.05) is 37.9 Å². The first kappa shape index (κ1) is 21.4. The number of rotatable bonds is 4. The first-order valence-electron chi connectivity index (χ1n) is 10.6. The number of ether oxygens (including phenoxy) is 1. The molecule has 1 aliphatic rings. The quantitative estimate of drug-likeness (QED) is 0.658. The van der Waals surface area contributed by atoms with Gasteiger partial charge < -0.3 is 25.3 Å². The Morgan fingerprint density at radius 3 is 2.38 bits per heavy atom. The minimum absolute atomic E-state index is 0.170. The van der Waals surface area contributed by atoms with E-state index >= 15 is 0 Å². The standard InChI is InChI=1S/C24H26N4O4/c1-15-5-3-4-6-18(15)21-14-26-22(29)20-13-17(7-8-19(20)21)32-16(2)23(30)27-9-11-28(12-10-27)24(25)31/h3-8,13-14,16H,9-12H2,1-2H3,(H2,25,31)(H,26,29)/t16-/m1/s1. The summed E-state index contributed by atoms with van der Waals surface area (Å²) >= 11 is 0. The van der Waals surface area contributed by atoms with E-state index in [2.05, 4.69) is 4.98 Å². The van der Waals surface area contributed by atoms with Gasteiger partial charge in [-0.3, -0.25) is 9.59 Å². The molecule has 1 fully saturated rings. The summed E-state index contributed by atoms with van der Waals surface area (Å²) in [4.78, 5) is 42.6. The first-order chi connectivity index (χ1) is 15.3. The number of nitrogens with one attached hydrogen (secondary N) is 1. The van der Waals surface area contributed by atoms with Gasteiger partial charge in [0.2, 0.25) is 0 Å². The summed E-state index contributed by atoms with van der Waals surface area (Å²) in [6.45, 7) is 5.34. The van der Waals surface area contributed by atoms with Crippen LogP contribution in [0.1, 0.15) is 12.5 Å². The summed E-state index contributed by atoms with van der Waals surface area (Å²) in [6, 6.07) is 12.8. The number of hydrogen-bond donors (Lipinski definition) is 2. The number of nitrogens with zero attached hydrogens (tertiary/aromatic N) is 2. The lowest BCUT2D eigenvalue weighted by molar-refractivity contribution is -0.139. The number of carbonyl (C=O) groups excluding carboxylic acids is 2. The predicted octanol–water partition coefficient (Wildman–Crippen LogP) is 2.49. The molecule has 0 aliphatic carbocycles. The lowest BCUT2D eigenvalue weighted by Gasteiger charge is -2.35. The first-order valence-corrected chi connectivity index (χ1v) is 10.6. The lowest BCUT2D eigenvalue weighted by Crippen LogP contribution is -2.54. The number of hydrogen-bond acceptors (Lipinski definition) is 4. The van der Waals surface area contributed by atoms with Crippen molar-refractivity contribution in [2.75, 3.05) is 26.2 Å². The average molecular weight is 434 g/mol. The summed E-state index contributed by atoms with van der Waals surface area (Å²) in [5.74, 6) is 0.276. The largest absolute Gasteiger partial charge is 0.481 e. The van der Waals surface area contributed by atoms with Gasteiger partial charge in [-0.15, -0.1) is 0 Å². The predicted molar refractivity (Wildman–Crippen MR) is 123 cm³/mol. The molecule has 3 aromatic rings. The highest BCUT2D eigenvalue weighted by Crippen LogP contribution is 2.30. The fourth-order valence-corrected chi connectivity index (χ4v) is 4.07. The van der Waals surface area contributed by atoms with Crippen molar-refractivity contribution in [2.45, 2.75) is 20.0 Å². The van der Waals surface area contributed by atoms with Gasteiger partial charge in [0.15, 0.2) is 6.10 Å². The second kappa shape index (κ2) is 8.74. The number of aromatic nitrogens is 1. The third-order valence-corrected chi connectivity index (χ3v) is 5.87. The molecule has 32 heavy (non-hydrogen) atoms. The molecule has 166 valence electrons. The van der Waals surface area contributed by atoms with Crippen LogP contribution in [0.5, 0.6) is 5.75 Å². The van der Waals surface area contributed by atoms with Crippen LogP contribution < -0.4 is 16.0 Å². The molecule has 4 rings (SSSR count). The number of fused-ring (bicyclic) bond motifs is 1. The number of aromatic amines is 1. The van der Waals surface area contributed by atoms with Crippen LogP contribution in [0.25, 0.3) is 21.9 Å². The Balaban J connectivity index is 1.55. The van der Waals surface area contributed by atoms with Crippen molar-refractivity contribution in [1.29, 1.82) is 0 Å². The SMILES string of the molecule is Cc1ccccc1-c1c[nH]c(=O)c2cc(O[C@H](C)C(=O)N3CCN(C(N)=O)CC3)ccc12. The van der Waals surface area contributed by atoms with Gasteiger partial charge in [0.05, 0.1) is 5.39 Å². The van der Waals surface area contributed by atoms with E-state index < -0.39 is 12.1 Å². The summed E-state index contributed by atoms with van der Waals surface area (Å²) in [5, 5.41) is 1.31. The Morgan fingerprint density at radius 1 is 1.00 bits per heavy atom. The Kier molecular flexibility index (Phi) is 5.85. The molecule has 1 saturated heterocycles. The molecular weight excluding hydrogens is 408 g/mol. The number of pyridine rings is 1. The van der Waals surface area contributed by atoms with E-state index in [1.54, 1.807) is 30.2 Å². The molecular formula is C24H26N4O4. The number of primary amides is 1. The summed E-state index contributed by atoms with van der Waals surface area (Å²) in [6.07, 6.45) is 0.997. The maximum atomic E-state index is 12.8. The van der Waals surface area contributed by atoms with Crippen LogP contribution in [0.2, 0.25) is 0 Å². The molecule has 8 heteroatoms. The molecule has 1 atom stereocenters. The molecule has 2 aromatic carbocycles. The second-order valence-electron chi connectivity index (χ2n) is 7.96. The van der Waals surface area contributed by atoms with Crippen molar-refractivity contribution in [3.63, 3.8) is 0 Å². The van der Waals surface area contributed by atoms with Gasteiger partial charge in [0.25, 0.3) is 11.5 Å². The molecule has 2 heterocycles. The third kappa shape index (κ3) is 4.16. The number of urea groups is 1. The molecule has 0 radical (unpaired) electrons. The van der Waals surface area contributed by atoms with E-state index in [0.717, 1.165) is 22.1 Å². The van der Waals surface area contributed by atoms with Gasteiger partial charge in [-0.2, -0.15) is 0 Å². The normalized spacial score (nSPS) is 14.9. The van der Waals surface area contributed by atoms with E-state index in [1.807, 2.05) is 37.3 Å². The maximum absolute atomic E-state index is 12.8. The molecule has 0 unspecified atom stereocenters. The Morgan fingerprint density at radius 2 is 1.69 bits per heavy atom. The topological polar surface area (TPSA) is 109 Å². The van der Waals surface area contributed by atoms with Crippen molar-refractivity contribution >= 4 is 22.7 Å². The van der Waals surface area contributed by atoms with E-state index in [0.29, 0.717) is 37.3 Å². The van der Waals surface area contributed by atoms with Crippen molar-refractivity contribution < 1.29 is 14.3 Å². The molecule has 1 aliphatic heterocycles. The van der Waals surface area contributed by atoms with Gasteiger partial charge in [-0.05, 0) is 48.6 Å². The van der Waals surface area contributed by atoms with Gasteiger partial charge >= 0.3 is 6.03 Å². The highest BCUT2D eigenvalue weighted by atomic mass is 16.5. The zero-order valence-corrected chi connectivity index (χ0v) is 18.1. The van der Waals surface area contributed by atoms with Crippen LogP contribution in [-0.4, -0.2) is 59.0 Å². The third-order valence-electron chi connectivity index (χ3n) is 5.87. The van der Waals surface area contributed by atoms with E-state index in [-0.39, 0.29) is 11.5 Å². The number of H-pyrrole nitrogens is 1. The van der Waals surface area contributed by atoms with E-state index in [4.69, 9.17) is 10.5 Å². The van der Waals surface area contributed by atoms with Crippen molar-refractivity contribution in [2.24, 2.45) is 5.73 Å². The lowest BCUT2D eigenvalue weighted by atomic mass is 9.97. The zero-order chi connectivity index (χ0) is 22.8. The van der Waals surface area contributed by atoms with Crippen molar-refractivity contribution in [1.82, 2.24) is 14.8 Å². The summed E-state index contributed by atoms with van der Waals surface area (Å²) in [5.41, 5.74) is 8.16. The van der Waals surface area contributed by atoms with Crippen LogP contribution in [0.3, 0.4) is 0 Å². The molecule has 3 amide bonds. The maximum Gasteiger partial charge on any atom is 0.314 e. The Bertz CT molecular complexity index is 1230. The van der Waals surface area contributed by atoms with Gasteiger partial charge in [-0.1, -0.05) is 24.3 Å². The zero-order valence-electron chi connectivity index (χ0n) is 18.1. The fourth-order valence-electron chi connectivity index (χ4n) is 4.07. The van der Waals surface area contributed by atoms with Gasteiger partial charge in [0.1, 0.15) is 5.75 Å².